The van der Waals surface area contributed by atoms with Gasteiger partial charge in [-0.2, -0.15) is 0 Å². The van der Waals surface area contributed by atoms with Crippen molar-refractivity contribution in [2.24, 2.45) is 0 Å². The number of ether oxygens (including phenoxy) is 2. The summed E-state index contributed by atoms with van der Waals surface area (Å²) < 4.78 is 13.0. The van der Waals surface area contributed by atoms with Crippen LogP contribution in [-0.2, 0) is 20.9 Å². The van der Waals surface area contributed by atoms with Gasteiger partial charge in [0.25, 0.3) is 0 Å². The van der Waals surface area contributed by atoms with Crippen LogP contribution in [0.1, 0.15) is 51.0 Å². The van der Waals surface area contributed by atoms with Gasteiger partial charge in [-0.05, 0) is 31.2 Å². The van der Waals surface area contributed by atoms with Crippen LogP contribution < -0.4 is 0 Å². The first-order chi connectivity index (χ1) is 11.2. The summed E-state index contributed by atoms with van der Waals surface area (Å²) in [5.74, 6) is 0. The lowest BCUT2D eigenvalue weighted by Crippen LogP contribution is -2.31. The Hall–Kier alpha value is -0.460. The van der Waals surface area contributed by atoms with E-state index in [1.807, 2.05) is 18.2 Å². The predicted octanol–water partition coefficient (Wildman–Crippen LogP) is 4.70. The van der Waals surface area contributed by atoms with E-state index < -0.39 is 0 Å². The minimum absolute atomic E-state index is 0.00985. The average molecular weight is 430 g/mol. The maximum atomic E-state index is 10.8. The largest absolute Gasteiger partial charge is 0.371 e. The number of carbonyl (C=O) groups excluding carboxylic acids is 1. The lowest BCUT2D eigenvalue weighted by Gasteiger charge is -2.25. The van der Waals surface area contributed by atoms with Gasteiger partial charge in [0.15, 0.2) is 0 Å². The molecule has 1 aliphatic heterocycles. The van der Waals surface area contributed by atoms with Crippen LogP contribution in [0.15, 0.2) is 30.3 Å². The number of halogens is 1. The van der Waals surface area contributed by atoms with Crippen molar-refractivity contribution in [1.82, 2.24) is 0 Å². The molecule has 0 bridgehead atoms. The van der Waals surface area contributed by atoms with Crippen LogP contribution in [0.25, 0.3) is 0 Å². The summed E-state index contributed by atoms with van der Waals surface area (Å²) in [6, 6.07) is 10.2. The standard InChI is InChI=1S/C19H27IO3/c1-2-7-16(20)17-11-12-19(23-17)18(10-6-13-21)22-14-15-8-4-3-5-9-15/h3-5,8-9,13,16-19H,2,6-7,10-12,14H2,1H3/t16-,17+,18?,19-/m1/s1. The second-order valence-corrected chi connectivity index (χ2v) is 7.77. The van der Waals surface area contributed by atoms with Gasteiger partial charge in [-0.15, -0.1) is 0 Å². The van der Waals surface area contributed by atoms with Crippen LogP contribution in [-0.4, -0.2) is 28.5 Å². The van der Waals surface area contributed by atoms with E-state index in [4.69, 9.17) is 9.47 Å². The summed E-state index contributed by atoms with van der Waals surface area (Å²) in [6.45, 7) is 2.80. The SMILES string of the molecule is CCC[C@@H](I)[C@@H]1CC[C@H](C(CCC=O)OCc2ccccc2)O1. The number of alkyl halides is 1. The molecule has 0 saturated carbocycles. The second kappa shape index (κ2) is 10.4. The van der Waals surface area contributed by atoms with E-state index in [-0.39, 0.29) is 12.2 Å². The first kappa shape index (κ1) is 18.9. The molecular formula is C19H27IO3. The van der Waals surface area contributed by atoms with Crippen molar-refractivity contribution in [3.63, 3.8) is 0 Å². The Balaban J connectivity index is 1.89. The van der Waals surface area contributed by atoms with E-state index in [0.717, 1.165) is 31.1 Å². The summed E-state index contributed by atoms with van der Waals surface area (Å²) in [6.07, 6.45) is 7.24. The van der Waals surface area contributed by atoms with Gasteiger partial charge in [-0.3, -0.25) is 0 Å². The molecular weight excluding hydrogens is 403 g/mol. The minimum Gasteiger partial charge on any atom is -0.371 e. The van der Waals surface area contributed by atoms with Gasteiger partial charge in [-0.1, -0.05) is 66.3 Å². The highest BCUT2D eigenvalue weighted by molar-refractivity contribution is 14.1. The molecule has 0 radical (unpaired) electrons. The molecule has 1 aromatic carbocycles. The van der Waals surface area contributed by atoms with Crippen LogP contribution in [0, 0.1) is 0 Å². The molecule has 1 unspecified atom stereocenters. The third kappa shape index (κ3) is 6.16. The Kier molecular flexibility index (Phi) is 8.55. The summed E-state index contributed by atoms with van der Waals surface area (Å²) in [4.78, 5) is 10.8. The van der Waals surface area contributed by atoms with Gasteiger partial charge in [0, 0.05) is 10.3 Å². The molecule has 1 aliphatic rings. The van der Waals surface area contributed by atoms with Gasteiger partial charge < -0.3 is 14.3 Å². The molecule has 4 atom stereocenters. The first-order valence-corrected chi connectivity index (χ1v) is 9.87. The summed E-state index contributed by atoms with van der Waals surface area (Å²) in [7, 11) is 0. The van der Waals surface area contributed by atoms with Crippen molar-refractivity contribution in [3.05, 3.63) is 35.9 Å². The number of benzene rings is 1. The molecule has 0 spiro atoms. The highest BCUT2D eigenvalue weighted by atomic mass is 127. The number of hydrogen-bond donors (Lipinski definition) is 0. The summed E-state index contributed by atoms with van der Waals surface area (Å²) in [5, 5.41) is 0. The van der Waals surface area contributed by atoms with Crippen molar-refractivity contribution >= 4 is 28.9 Å². The Labute approximate surface area is 153 Å². The average Bonchev–Trinajstić information content (AvgIpc) is 3.06. The van der Waals surface area contributed by atoms with Crippen molar-refractivity contribution in [2.45, 2.75) is 74.3 Å². The fourth-order valence-corrected chi connectivity index (χ4v) is 4.23. The number of rotatable bonds is 10. The minimum atomic E-state index is 0.00985. The van der Waals surface area contributed by atoms with Crippen LogP contribution in [0.3, 0.4) is 0 Å². The lowest BCUT2D eigenvalue weighted by molar-refractivity contribution is -0.110. The van der Waals surface area contributed by atoms with Crippen molar-refractivity contribution < 1.29 is 14.3 Å². The van der Waals surface area contributed by atoms with Gasteiger partial charge in [0.05, 0.1) is 24.9 Å². The monoisotopic (exact) mass is 430 g/mol. The highest BCUT2D eigenvalue weighted by Gasteiger charge is 2.34. The number of carbonyl (C=O) groups is 1. The maximum Gasteiger partial charge on any atom is 0.120 e. The first-order valence-electron chi connectivity index (χ1n) is 8.63. The molecule has 0 aromatic heterocycles. The number of aldehydes is 1. The molecule has 4 heteroatoms. The zero-order valence-electron chi connectivity index (χ0n) is 13.8. The lowest BCUT2D eigenvalue weighted by atomic mass is 10.0. The molecule has 2 rings (SSSR count). The summed E-state index contributed by atoms with van der Waals surface area (Å²) >= 11 is 2.51. The second-order valence-electron chi connectivity index (χ2n) is 6.17. The van der Waals surface area contributed by atoms with Gasteiger partial charge in [0.1, 0.15) is 6.29 Å². The van der Waals surface area contributed by atoms with Crippen molar-refractivity contribution in [2.75, 3.05) is 0 Å². The van der Waals surface area contributed by atoms with Gasteiger partial charge in [-0.25, -0.2) is 0 Å². The zero-order valence-corrected chi connectivity index (χ0v) is 16.0. The van der Waals surface area contributed by atoms with Crippen LogP contribution in [0.5, 0.6) is 0 Å². The smallest absolute Gasteiger partial charge is 0.120 e. The highest BCUT2D eigenvalue weighted by Crippen LogP contribution is 2.32. The normalized spacial score (nSPS) is 23.6. The molecule has 0 amide bonds. The fourth-order valence-electron chi connectivity index (χ4n) is 3.08. The zero-order chi connectivity index (χ0) is 16.5. The summed E-state index contributed by atoms with van der Waals surface area (Å²) in [5.41, 5.74) is 1.16. The van der Waals surface area contributed by atoms with Gasteiger partial charge >= 0.3 is 0 Å². The maximum absolute atomic E-state index is 10.8. The van der Waals surface area contributed by atoms with E-state index in [9.17, 15) is 4.79 Å². The van der Waals surface area contributed by atoms with E-state index in [0.29, 0.717) is 23.1 Å². The van der Waals surface area contributed by atoms with Crippen LogP contribution >= 0.6 is 22.6 Å². The quantitative estimate of drug-likeness (QED) is 0.307. The molecule has 1 fully saturated rings. The fraction of sp³-hybridized carbons (Fsp3) is 0.632. The topological polar surface area (TPSA) is 35.5 Å². The Morgan fingerprint density at radius 1 is 1.26 bits per heavy atom. The van der Waals surface area contributed by atoms with E-state index in [1.54, 1.807) is 0 Å². The predicted molar refractivity (Wildman–Crippen MR) is 101 cm³/mol. The van der Waals surface area contributed by atoms with Gasteiger partial charge in [0.2, 0.25) is 0 Å². The Bertz CT molecular complexity index is 451. The van der Waals surface area contributed by atoms with Crippen LogP contribution in [0.2, 0.25) is 0 Å². The third-order valence-corrected chi connectivity index (χ3v) is 5.77. The van der Waals surface area contributed by atoms with E-state index in [2.05, 4.69) is 41.6 Å². The molecule has 0 N–H and O–H groups in total. The third-order valence-electron chi connectivity index (χ3n) is 4.34. The molecule has 0 aliphatic carbocycles. The van der Waals surface area contributed by atoms with E-state index in [1.165, 1.54) is 12.8 Å². The molecule has 1 aromatic rings. The van der Waals surface area contributed by atoms with Crippen molar-refractivity contribution in [3.8, 4) is 0 Å². The van der Waals surface area contributed by atoms with E-state index >= 15 is 0 Å². The molecule has 3 nitrogen and oxygen atoms in total. The molecule has 128 valence electrons. The molecule has 1 saturated heterocycles. The van der Waals surface area contributed by atoms with Crippen molar-refractivity contribution in [1.29, 1.82) is 0 Å². The number of hydrogen-bond acceptors (Lipinski definition) is 3. The molecule has 23 heavy (non-hydrogen) atoms. The Morgan fingerprint density at radius 2 is 2.00 bits per heavy atom. The Morgan fingerprint density at radius 3 is 2.70 bits per heavy atom. The van der Waals surface area contributed by atoms with Crippen LogP contribution in [0.4, 0.5) is 0 Å². The molecule has 1 heterocycles.